The largest absolute Gasteiger partial charge is 0.309 e. The van der Waals surface area contributed by atoms with Crippen molar-refractivity contribution in [2.45, 2.75) is 24.7 Å². The number of nitrogens with zero attached hydrogens (tertiary/aromatic N) is 2. The molecule has 5 nitrogen and oxygen atoms in total. The maximum atomic E-state index is 13.1. The van der Waals surface area contributed by atoms with Crippen molar-refractivity contribution in [3.05, 3.63) is 59.9 Å². The van der Waals surface area contributed by atoms with Gasteiger partial charge < -0.3 is 4.90 Å². The molecular formula is C19H21FN2O3S. The summed E-state index contributed by atoms with van der Waals surface area (Å²) in [6.07, 6.45) is 1.71. The van der Waals surface area contributed by atoms with E-state index in [1.165, 1.54) is 45.6 Å². The second kappa shape index (κ2) is 7.55. The fraction of sp³-hybridized carbons (Fsp3) is 0.316. The summed E-state index contributed by atoms with van der Waals surface area (Å²) >= 11 is 0. The third-order valence-electron chi connectivity index (χ3n) is 4.48. The molecule has 0 saturated carbocycles. The van der Waals surface area contributed by atoms with Crippen molar-refractivity contribution in [2.75, 3.05) is 24.5 Å². The van der Waals surface area contributed by atoms with Gasteiger partial charge in [0.15, 0.2) is 0 Å². The minimum atomic E-state index is -3.58. The van der Waals surface area contributed by atoms with Crippen LogP contribution in [0, 0.1) is 5.82 Å². The summed E-state index contributed by atoms with van der Waals surface area (Å²) in [6, 6.07) is 11.7. The summed E-state index contributed by atoms with van der Waals surface area (Å²) in [4.78, 5) is 14.5. The predicted octanol–water partition coefficient (Wildman–Crippen LogP) is 3.28. The Morgan fingerprint density at radius 1 is 1.12 bits per heavy atom. The lowest BCUT2D eigenvalue weighted by molar-refractivity contribution is 0.0988. The van der Waals surface area contributed by atoms with Crippen LogP contribution in [-0.4, -0.2) is 38.3 Å². The highest BCUT2D eigenvalue weighted by Crippen LogP contribution is 2.23. The Bertz CT molecular complexity index is 891. The normalized spacial score (nSPS) is 15.2. The van der Waals surface area contributed by atoms with Gasteiger partial charge in [-0.3, -0.25) is 4.79 Å². The molecule has 1 aliphatic heterocycles. The first-order valence-corrected chi connectivity index (χ1v) is 10.0. The van der Waals surface area contributed by atoms with E-state index in [9.17, 15) is 17.6 Å². The van der Waals surface area contributed by atoms with Gasteiger partial charge >= 0.3 is 0 Å². The summed E-state index contributed by atoms with van der Waals surface area (Å²) in [5.41, 5.74) is 0.850. The van der Waals surface area contributed by atoms with E-state index in [0.717, 1.165) is 12.8 Å². The fourth-order valence-electron chi connectivity index (χ4n) is 3.09. The SMILES string of the molecule is CCN(C(=O)c1cccc(S(=O)(=O)N2CCCC2)c1)c1ccc(F)cc1. The van der Waals surface area contributed by atoms with Crippen molar-refractivity contribution in [3.8, 4) is 0 Å². The highest BCUT2D eigenvalue weighted by molar-refractivity contribution is 7.89. The van der Waals surface area contributed by atoms with Crippen molar-refractivity contribution < 1.29 is 17.6 Å². The second-order valence-electron chi connectivity index (χ2n) is 6.16. The fourth-order valence-corrected chi connectivity index (χ4v) is 4.65. The van der Waals surface area contributed by atoms with Crippen molar-refractivity contribution in [1.29, 1.82) is 0 Å². The first-order chi connectivity index (χ1) is 12.4. The molecule has 138 valence electrons. The molecule has 0 spiro atoms. The van der Waals surface area contributed by atoms with Gasteiger partial charge in [0, 0.05) is 30.9 Å². The van der Waals surface area contributed by atoms with E-state index < -0.39 is 10.0 Å². The van der Waals surface area contributed by atoms with E-state index in [1.807, 2.05) is 6.92 Å². The van der Waals surface area contributed by atoms with Crippen LogP contribution >= 0.6 is 0 Å². The number of carbonyl (C=O) groups is 1. The second-order valence-corrected chi connectivity index (χ2v) is 8.10. The molecule has 2 aromatic carbocycles. The average molecular weight is 376 g/mol. The van der Waals surface area contributed by atoms with Crippen LogP contribution in [0.4, 0.5) is 10.1 Å². The van der Waals surface area contributed by atoms with Crippen LogP contribution in [-0.2, 0) is 10.0 Å². The smallest absolute Gasteiger partial charge is 0.258 e. The van der Waals surface area contributed by atoms with Gasteiger partial charge in [0.2, 0.25) is 10.0 Å². The molecule has 1 saturated heterocycles. The first-order valence-electron chi connectivity index (χ1n) is 8.61. The first kappa shape index (κ1) is 18.5. The van der Waals surface area contributed by atoms with Crippen LogP contribution in [0.1, 0.15) is 30.1 Å². The monoisotopic (exact) mass is 376 g/mol. The number of hydrogen-bond donors (Lipinski definition) is 0. The third-order valence-corrected chi connectivity index (χ3v) is 6.38. The molecule has 1 fully saturated rings. The van der Waals surface area contributed by atoms with Crippen molar-refractivity contribution in [2.24, 2.45) is 0 Å². The predicted molar refractivity (Wildman–Crippen MR) is 98.2 cm³/mol. The molecule has 1 aliphatic rings. The van der Waals surface area contributed by atoms with Crippen LogP contribution in [0.2, 0.25) is 0 Å². The van der Waals surface area contributed by atoms with Gasteiger partial charge in [-0.2, -0.15) is 4.31 Å². The highest BCUT2D eigenvalue weighted by atomic mass is 32.2. The molecule has 0 unspecified atom stereocenters. The Hall–Kier alpha value is -2.25. The molecule has 7 heteroatoms. The summed E-state index contributed by atoms with van der Waals surface area (Å²) in [7, 11) is -3.58. The number of carbonyl (C=O) groups excluding carboxylic acids is 1. The Kier molecular flexibility index (Phi) is 5.38. The van der Waals surface area contributed by atoms with Gasteiger partial charge in [0.05, 0.1) is 4.90 Å². The van der Waals surface area contributed by atoms with Crippen LogP contribution in [0.15, 0.2) is 53.4 Å². The third kappa shape index (κ3) is 3.64. The minimum Gasteiger partial charge on any atom is -0.309 e. The van der Waals surface area contributed by atoms with Crippen molar-refractivity contribution >= 4 is 21.6 Å². The van der Waals surface area contributed by atoms with Gasteiger partial charge in [-0.15, -0.1) is 0 Å². The summed E-state index contributed by atoms with van der Waals surface area (Å²) in [6.45, 7) is 3.22. The Labute approximate surface area is 153 Å². The molecule has 0 atom stereocenters. The lowest BCUT2D eigenvalue weighted by atomic mass is 10.2. The number of halogens is 1. The molecule has 0 radical (unpaired) electrons. The molecular weight excluding hydrogens is 355 g/mol. The zero-order chi connectivity index (χ0) is 18.7. The van der Waals surface area contributed by atoms with Gasteiger partial charge in [-0.25, -0.2) is 12.8 Å². The van der Waals surface area contributed by atoms with E-state index in [4.69, 9.17) is 0 Å². The molecule has 1 heterocycles. The topological polar surface area (TPSA) is 57.7 Å². The molecule has 0 aliphatic carbocycles. The minimum absolute atomic E-state index is 0.125. The van der Waals surface area contributed by atoms with Gasteiger partial charge in [-0.05, 0) is 62.2 Å². The maximum absolute atomic E-state index is 13.1. The highest BCUT2D eigenvalue weighted by Gasteiger charge is 2.28. The maximum Gasteiger partial charge on any atom is 0.258 e. The molecule has 0 bridgehead atoms. The van der Waals surface area contributed by atoms with E-state index in [1.54, 1.807) is 12.1 Å². The van der Waals surface area contributed by atoms with Crippen molar-refractivity contribution in [3.63, 3.8) is 0 Å². The van der Waals surface area contributed by atoms with Crippen LogP contribution in [0.25, 0.3) is 0 Å². The van der Waals surface area contributed by atoms with Gasteiger partial charge in [-0.1, -0.05) is 6.07 Å². The average Bonchev–Trinajstić information content (AvgIpc) is 3.19. The molecule has 0 aromatic heterocycles. The van der Waals surface area contributed by atoms with Crippen molar-refractivity contribution in [1.82, 2.24) is 4.31 Å². The number of anilines is 1. The molecule has 3 rings (SSSR count). The molecule has 1 amide bonds. The summed E-state index contributed by atoms with van der Waals surface area (Å²) in [5, 5.41) is 0. The molecule has 2 aromatic rings. The van der Waals surface area contributed by atoms with Gasteiger partial charge in [0.1, 0.15) is 5.82 Å². The van der Waals surface area contributed by atoms with Crippen LogP contribution < -0.4 is 4.90 Å². The molecule has 0 N–H and O–H groups in total. The zero-order valence-electron chi connectivity index (χ0n) is 14.6. The van der Waals surface area contributed by atoms with E-state index in [-0.39, 0.29) is 22.2 Å². The van der Waals surface area contributed by atoms with Crippen LogP contribution in [0.3, 0.4) is 0 Å². The standard InChI is InChI=1S/C19H21FN2O3S/c1-2-22(17-10-8-16(20)9-11-17)19(23)15-6-5-7-18(14-15)26(24,25)21-12-3-4-13-21/h5-11,14H,2-4,12-13H2,1H3. The van der Waals surface area contributed by atoms with Gasteiger partial charge in [0.25, 0.3) is 5.91 Å². The van der Waals surface area contributed by atoms with Crippen LogP contribution in [0.5, 0.6) is 0 Å². The number of hydrogen-bond acceptors (Lipinski definition) is 3. The number of rotatable bonds is 5. The summed E-state index contributed by atoms with van der Waals surface area (Å²) in [5.74, 6) is -0.700. The summed E-state index contributed by atoms with van der Waals surface area (Å²) < 4.78 is 40.0. The number of amides is 1. The number of benzene rings is 2. The molecule has 26 heavy (non-hydrogen) atoms. The van der Waals surface area contributed by atoms with E-state index >= 15 is 0 Å². The Balaban J connectivity index is 1.91. The van der Waals surface area contributed by atoms with E-state index in [2.05, 4.69) is 0 Å². The lowest BCUT2D eigenvalue weighted by Crippen LogP contribution is -2.31. The van der Waals surface area contributed by atoms with E-state index in [0.29, 0.717) is 25.3 Å². The lowest BCUT2D eigenvalue weighted by Gasteiger charge is -2.22. The quantitative estimate of drug-likeness (QED) is 0.805. The Morgan fingerprint density at radius 2 is 1.77 bits per heavy atom. The number of sulfonamides is 1. The Morgan fingerprint density at radius 3 is 2.38 bits per heavy atom. The zero-order valence-corrected chi connectivity index (χ0v) is 15.4.